The van der Waals surface area contributed by atoms with E-state index in [0.29, 0.717) is 18.8 Å². The zero-order valence-corrected chi connectivity index (χ0v) is 15.2. The van der Waals surface area contributed by atoms with Crippen LogP contribution in [-0.4, -0.2) is 56.5 Å². The molecule has 1 saturated heterocycles. The molecule has 1 heterocycles. The Morgan fingerprint density at radius 2 is 1.83 bits per heavy atom. The molecule has 0 radical (unpaired) electrons. The van der Waals surface area contributed by atoms with Crippen LogP contribution in [0, 0.1) is 0 Å². The van der Waals surface area contributed by atoms with Crippen molar-refractivity contribution in [1.82, 2.24) is 8.61 Å². The van der Waals surface area contributed by atoms with Gasteiger partial charge in [0, 0.05) is 25.7 Å². The van der Waals surface area contributed by atoms with E-state index in [1.165, 1.54) is 8.61 Å². The van der Waals surface area contributed by atoms with Gasteiger partial charge >= 0.3 is 0 Å². The molecular weight excluding hydrogens is 316 g/mol. The highest BCUT2D eigenvalue weighted by atomic mass is 32.2. The average molecular weight is 342 g/mol. The molecule has 1 aliphatic rings. The fourth-order valence-electron chi connectivity index (χ4n) is 2.91. The maximum Gasteiger partial charge on any atom is 0.282 e. The molecule has 0 aromatic heterocycles. The van der Waals surface area contributed by atoms with Crippen molar-refractivity contribution in [2.24, 2.45) is 0 Å². The number of hydrogen-bond acceptors (Lipinski definition) is 4. The molecule has 1 aromatic carbocycles. The first-order valence-corrected chi connectivity index (χ1v) is 9.18. The largest absolute Gasteiger partial charge is 0.496 e. The summed E-state index contributed by atoms with van der Waals surface area (Å²) in [6, 6.07) is 7.15. The van der Waals surface area contributed by atoms with Gasteiger partial charge in [-0.15, -0.1) is 0 Å². The van der Waals surface area contributed by atoms with E-state index in [4.69, 9.17) is 9.47 Å². The number of hydrogen-bond donors (Lipinski definition) is 0. The molecule has 3 unspecified atom stereocenters. The first kappa shape index (κ1) is 18.2. The van der Waals surface area contributed by atoms with Crippen molar-refractivity contribution in [2.45, 2.75) is 39.0 Å². The van der Waals surface area contributed by atoms with Crippen LogP contribution in [0.4, 0.5) is 0 Å². The molecule has 7 heteroatoms. The van der Waals surface area contributed by atoms with Crippen LogP contribution in [0.3, 0.4) is 0 Å². The van der Waals surface area contributed by atoms with Gasteiger partial charge in [0.15, 0.2) is 0 Å². The van der Waals surface area contributed by atoms with Crippen LogP contribution < -0.4 is 4.74 Å². The summed E-state index contributed by atoms with van der Waals surface area (Å²) in [5, 5.41) is 0. The zero-order valence-electron chi connectivity index (χ0n) is 14.4. The Kier molecular flexibility index (Phi) is 5.67. The second kappa shape index (κ2) is 7.17. The number of rotatable bonds is 5. The number of ether oxygens (including phenoxy) is 2. The van der Waals surface area contributed by atoms with Crippen LogP contribution in [-0.2, 0) is 14.9 Å². The lowest BCUT2D eigenvalue weighted by Crippen LogP contribution is -2.52. The van der Waals surface area contributed by atoms with Gasteiger partial charge in [-0.2, -0.15) is 17.0 Å². The van der Waals surface area contributed by atoms with E-state index in [9.17, 15) is 8.42 Å². The van der Waals surface area contributed by atoms with Crippen molar-refractivity contribution in [2.75, 3.05) is 27.2 Å². The Morgan fingerprint density at radius 3 is 2.39 bits per heavy atom. The topological polar surface area (TPSA) is 59.1 Å². The highest BCUT2D eigenvalue weighted by molar-refractivity contribution is 7.86. The molecule has 0 aliphatic carbocycles. The Morgan fingerprint density at radius 1 is 1.26 bits per heavy atom. The van der Waals surface area contributed by atoms with Gasteiger partial charge in [-0.05, 0) is 26.8 Å². The van der Waals surface area contributed by atoms with Gasteiger partial charge in [0.2, 0.25) is 0 Å². The molecule has 1 fully saturated rings. The molecule has 6 nitrogen and oxygen atoms in total. The van der Waals surface area contributed by atoms with Crippen LogP contribution in [0.25, 0.3) is 0 Å². The first-order chi connectivity index (χ1) is 10.8. The van der Waals surface area contributed by atoms with E-state index in [0.717, 1.165) is 5.56 Å². The van der Waals surface area contributed by atoms with Gasteiger partial charge in [0.05, 0.1) is 25.4 Å². The first-order valence-electron chi connectivity index (χ1n) is 7.78. The van der Waals surface area contributed by atoms with Crippen molar-refractivity contribution in [3.63, 3.8) is 0 Å². The summed E-state index contributed by atoms with van der Waals surface area (Å²) < 4.78 is 39.8. The summed E-state index contributed by atoms with van der Waals surface area (Å²) in [5.74, 6) is 0.686. The molecule has 2 rings (SSSR count). The van der Waals surface area contributed by atoms with E-state index in [-0.39, 0.29) is 18.2 Å². The summed E-state index contributed by atoms with van der Waals surface area (Å²) >= 11 is 0. The van der Waals surface area contributed by atoms with Crippen molar-refractivity contribution < 1.29 is 17.9 Å². The minimum Gasteiger partial charge on any atom is -0.496 e. The molecule has 1 aromatic rings. The van der Waals surface area contributed by atoms with Gasteiger partial charge in [-0.25, -0.2) is 0 Å². The Bertz CT molecular complexity index is 625. The predicted molar refractivity (Wildman–Crippen MR) is 89.7 cm³/mol. The maximum atomic E-state index is 12.9. The highest BCUT2D eigenvalue weighted by Crippen LogP contribution is 2.31. The molecule has 0 N–H and O–H groups in total. The molecule has 23 heavy (non-hydrogen) atoms. The molecule has 0 spiro atoms. The van der Waals surface area contributed by atoms with E-state index in [1.807, 2.05) is 45.0 Å². The van der Waals surface area contributed by atoms with Crippen molar-refractivity contribution in [3.8, 4) is 5.75 Å². The minimum absolute atomic E-state index is 0.108. The van der Waals surface area contributed by atoms with Crippen LogP contribution in [0.15, 0.2) is 24.3 Å². The van der Waals surface area contributed by atoms with E-state index in [1.54, 1.807) is 14.2 Å². The zero-order chi connectivity index (χ0) is 17.2. The minimum atomic E-state index is -3.57. The third-order valence-corrected chi connectivity index (χ3v) is 6.21. The summed E-state index contributed by atoms with van der Waals surface area (Å²) in [6.07, 6.45) is -0.216. The van der Waals surface area contributed by atoms with Crippen LogP contribution in [0.2, 0.25) is 0 Å². The van der Waals surface area contributed by atoms with Gasteiger partial charge in [-0.1, -0.05) is 18.2 Å². The summed E-state index contributed by atoms with van der Waals surface area (Å²) in [6.45, 7) is 6.39. The Hall–Kier alpha value is -1.15. The monoisotopic (exact) mass is 342 g/mol. The third-order valence-electron chi connectivity index (χ3n) is 4.21. The summed E-state index contributed by atoms with van der Waals surface area (Å²) in [7, 11) is -0.372. The second-order valence-corrected chi connectivity index (χ2v) is 8.00. The fraction of sp³-hybridized carbons (Fsp3) is 0.625. The quantitative estimate of drug-likeness (QED) is 0.822. The lowest BCUT2D eigenvalue weighted by atomic mass is 10.1. The molecule has 0 amide bonds. The SMILES string of the molecule is COc1ccccc1C(C)N(C)S(=O)(=O)N1CC(C)OC(C)C1. The second-order valence-electron chi connectivity index (χ2n) is 6.02. The van der Waals surface area contributed by atoms with Crippen molar-refractivity contribution in [1.29, 1.82) is 0 Å². The lowest BCUT2D eigenvalue weighted by molar-refractivity contribution is -0.0455. The van der Waals surface area contributed by atoms with Crippen LogP contribution in [0.1, 0.15) is 32.4 Å². The summed E-state index contributed by atoms with van der Waals surface area (Å²) in [5.41, 5.74) is 0.843. The van der Waals surface area contributed by atoms with E-state index >= 15 is 0 Å². The molecule has 1 aliphatic heterocycles. The lowest BCUT2D eigenvalue weighted by Gasteiger charge is -2.38. The van der Waals surface area contributed by atoms with Gasteiger partial charge in [0.25, 0.3) is 10.2 Å². The van der Waals surface area contributed by atoms with Crippen molar-refractivity contribution >= 4 is 10.2 Å². The smallest absolute Gasteiger partial charge is 0.282 e. The standard InChI is InChI=1S/C16H26N2O4S/c1-12-10-18(11-13(2)22-12)23(19,20)17(4)14(3)15-8-6-7-9-16(15)21-5/h6-9,12-14H,10-11H2,1-5H3. The van der Waals surface area contributed by atoms with Crippen molar-refractivity contribution in [3.05, 3.63) is 29.8 Å². The molecular formula is C16H26N2O4S. The molecule has 3 atom stereocenters. The van der Waals surface area contributed by atoms with Crippen LogP contribution in [0.5, 0.6) is 5.75 Å². The number of nitrogens with zero attached hydrogens (tertiary/aromatic N) is 2. The predicted octanol–water partition coefficient (Wildman–Crippen LogP) is 2.04. The summed E-state index contributed by atoms with van der Waals surface area (Å²) in [4.78, 5) is 0. The third kappa shape index (κ3) is 3.85. The van der Waals surface area contributed by atoms with Gasteiger partial charge < -0.3 is 9.47 Å². The highest BCUT2D eigenvalue weighted by Gasteiger charge is 2.36. The average Bonchev–Trinajstić information content (AvgIpc) is 2.52. The van der Waals surface area contributed by atoms with Gasteiger partial charge in [0.1, 0.15) is 5.75 Å². The van der Waals surface area contributed by atoms with E-state index in [2.05, 4.69) is 0 Å². The molecule has 0 saturated carbocycles. The number of methoxy groups -OCH3 is 1. The van der Waals surface area contributed by atoms with E-state index < -0.39 is 10.2 Å². The van der Waals surface area contributed by atoms with Gasteiger partial charge in [-0.3, -0.25) is 0 Å². The maximum absolute atomic E-state index is 12.9. The Labute approximate surface area is 139 Å². The van der Waals surface area contributed by atoms with Crippen LogP contribution >= 0.6 is 0 Å². The number of morpholine rings is 1. The normalized spacial score (nSPS) is 24.6. The molecule has 0 bridgehead atoms. The fourth-order valence-corrected chi connectivity index (χ4v) is 4.58. The number of para-hydroxylation sites is 1. The Balaban J connectivity index is 2.25. The molecule has 130 valence electrons. The number of benzene rings is 1.